The average Bonchev–Trinajstić information content (AvgIpc) is 3.57. The van der Waals surface area contributed by atoms with E-state index >= 15 is 0 Å². The first-order chi connectivity index (χ1) is 22.4. The van der Waals surface area contributed by atoms with Crippen molar-refractivity contribution in [2.75, 3.05) is 6.61 Å². The Labute approximate surface area is 278 Å². The minimum absolute atomic E-state index is 0.117. The van der Waals surface area contributed by atoms with Gasteiger partial charge in [0.2, 0.25) is 5.91 Å². The van der Waals surface area contributed by atoms with E-state index in [0.717, 1.165) is 43.7 Å². The van der Waals surface area contributed by atoms with Gasteiger partial charge in [-0.2, -0.15) is 0 Å². The molecule has 9 nitrogen and oxygen atoms in total. The van der Waals surface area contributed by atoms with Crippen molar-refractivity contribution in [2.24, 2.45) is 0 Å². The fourth-order valence-electron chi connectivity index (χ4n) is 4.99. The quantitative estimate of drug-likeness (QED) is 0.146. The topological polar surface area (TPSA) is 131 Å². The number of benzene rings is 3. The van der Waals surface area contributed by atoms with E-state index in [1.807, 2.05) is 61.5 Å². The summed E-state index contributed by atoms with van der Waals surface area (Å²) >= 11 is 1.37. The fourth-order valence-corrected chi connectivity index (χ4v) is 5.96. The maximum Gasteiger partial charge on any atom is 0.325 e. The molecule has 0 bridgehead atoms. The van der Waals surface area contributed by atoms with Gasteiger partial charge in [-0.15, -0.1) is 11.3 Å². The second-order valence-electron chi connectivity index (χ2n) is 12.4. The van der Waals surface area contributed by atoms with Gasteiger partial charge in [0.15, 0.2) is 5.82 Å². The molecule has 3 aromatic carbocycles. The number of aliphatic carboxylic acids is 1. The van der Waals surface area contributed by atoms with Crippen LogP contribution in [0.2, 0.25) is 0 Å². The second kappa shape index (κ2) is 14.1. The Bertz CT molecular complexity index is 1900. The van der Waals surface area contributed by atoms with Crippen molar-refractivity contribution in [3.8, 4) is 28.3 Å². The average molecular weight is 651 g/mol. The van der Waals surface area contributed by atoms with Crippen molar-refractivity contribution in [2.45, 2.75) is 58.5 Å². The summed E-state index contributed by atoms with van der Waals surface area (Å²) in [7, 11) is 0. The molecule has 0 radical (unpaired) electrons. The maximum atomic E-state index is 13.2. The number of hydrogen-bond acceptors (Lipinski definition) is 7. The third-order valence-electron chi connectivity index (χ3n) is 7.68. The van der Waals surface area contributed by atoms with Gasteiger partial charge < -0.3 is 20.5 Å². The van der Waals surface area contributed by atoms with Gasteiger partial charge in [0, 0.05) is 34.8 Å². The van der Waals surface area contributed by atoms with E-state index in [4.69, 9.17) is 4.74 Å². The van der Waals surface area contributed by atoms with Crippen LogP contribution in [-0.2, 0) is 21.4 Å². The number of thiophene rings is 1. The molecule has 47 heavy (non-hydrogen) atoms. The lowest BCUT2D eigenvalue weighted by atomic mass is 9.95. The molecule has 2 heterocycles. The van der Waals surface area contributed by atoms with Gasteiger partial charge in [-0.05, 0) is 71.5 Å². The van der Waals surface area contributed by atoms with E-state index < -0.39 is 24.0 Å². The third-order valence-corrected chi connectivity index (χ3v) is 9.19. The Morgan fingerprint density at radius 3 is 2.15 bits per heavy atom. The summed E-state index contributed by atoms with van der Waals surface area (Å²) in [5.41, 5.74) is 3.35. The zero-order valence-electron chi connectivity index (χ0n) is 27.0. The fraction of sp³-hybridized carbons (Fsp3) is 0.270. The monoisotopic (exact) mass is 650 g/mol. The first-order valence-electron chi connectivity index (χ1n) is 15.4. The van der Waals surface area contributed by atoms with Gasteiger partial charge in [-0.25, -0.2) is 9.97 Å². The molecular weight excluding hydrogens is 612 g/mol. The van der Waals surface area contributed by atoms with Crippen molar-refractivity contribution in [1.29, 1.82) is 0 Å². The van der Waals surface area contributed by atoms with E-state index in [9.17, 15) is 19.5 Å². The highest BCUT2D eigenvalue weighted by molar-refractivity contribution is 7.14. The molecule has 0 spiro atoms. The summed E-state index contributed by atoms with van der Waals surface area (Å²) in [6.07, 6.45) is 3.75. The maximum absolute atomic E-state index is 13.2. The highest BCUT2D eigenvalue weighted by Crippen LogP contribution is 2.30. The van der Waals surface area contributed by atoms with Crippen LogP contribution in [0.5, 0.6) is 5.75 Å². The van der Waals surface area contributed by atoms with Crippen LogP contribution < -0.4 is 15.4 Å². The molecule has 0 fully saturated rings. The van der Waals surface area contributed by atoms with Crippen LogP contribution in [0.15, 0.2) is 85.2 Å². The van der Waals surface area contributed by atoms with Gasteiger partial charge >= 0.3 is 5.97 Å². The molecule has 0 saturated heterocycles. The molecule has 0 aliphatic rings. The second-order valence-corrected chi connectivity index (χ2v) is 13.4. The zero-order valence-corrected chi connectivity index (χ0v) is 27.9. The Hall–Kier alpha value is -5.09. The number of nitrogens with zero attached hydrogens (tertiary/aromatic N) is 2. The Morgan fingerprint density at radius 2 is 1.51 bits per heavy atom. The summed E-state index contributed by atoms with van der Waals surface area (Å²) in [6.45, 7) is 10.2. The number of rotatable bonds is 11. The molecule has 242 valence electrons. The van der Waals surface area contributed by atoms with Gasteiger partial charge in [-0.1, -0.05) is 63.2 Å². The van der Waals surface area contributed by atoms with Gasteiger partial charge in [-0.3, -0.25) is 14.4 Å². The predicted molar refractivity (Wildman–Crippen MR) is 185 cm³/mol. The lowest BCUT2D eigenvalue weighted by Crippen LogP contribution is -2.51. The molecule has 3 N–H and O–H groups in total. The van der Waals surface area contributed by atoms with Gasteiger partial charge in [0.25, 0.3) is 5.91 Å². The molecule has 0 aliphatic carbocycles. The minimum Gasteiger partial charge on any atom is -0.494 e. The highest BCUT2D eigenvalue weighted by atomic mass is 32.1. The summed E-state index contributed by atoms with van der Waals surface area (Å²) < 4.78 is 5.61. The highest BCUT2D eigenvalue weighted by Gasteiger charge is 2.26. The van der Waals surface area contributed by atoms with Crippen LogP contribution >= 0.6 is 11.3 Å². The Balaban J connectivity index is 1.30. The number of carboxylic acid groups (broad SMARTS) is 1. The first-order valence-corrected chi connectivity index (χ1v) is 16.3. The van der Waals surface area contributed by atoms with E-state index in [-0.39, 0.29) is 17.7 Å². The van der Waals surface area contributed by atoms with Crippen LogP contribution in [0.3, 0.4) is 0 Å². The minimum atomic E-state index is -1.16. The summed E-state index contributed by atoms with van der Waals surface area (Å²) in [5, 5.41) is 16.8. The van der Waals surface area contributed by atoms with Gasteiger partial charge in [0.1, 0.15) is 17.8 Å². The van der Waals surface area contributed by atoms with Crippen LogP contribution in [0.1, 0.15) is 54.7 Å². The van der Waals surface area contributed by atoms with Crippen LogP contribution in [0.4, 0.5) is 0 Å². The van der Waals surface area contributed by atoms with E-state index in [0.29, 0.717) is 17.3 Å². The first kappa shape index (κ1) is 33.3. The predicted octanol–water partition coefficient (Wildman–Crippen LogP) is 6.65. The molecule has 2 aromatic heterocycles. The molecule has 10 heteroatoms. The summed E-state index contributed by atoms with van der Waals surface area (Å²) in [5.74, 6) is -0.736. The van der Waals surface area contributed by atoms with E-state index in [1.54, 1.807) is 18.5 Å². The van der Waals surface area contributed by atoms with Crippen LogP contribution in [-0.4, -0.2) is 51.5 Å². The van der Waals surface area contributed by atoms with Crippen LogP contribution in [0, 0.1) is 0 Å². The SMILES string of the molecule is CCOc1ccc2cc(-c3cnc(-c4ccc(C[C@H](NC(=O)c5ccc(C(C)(C)C)s5)C(=O)N[C@H](C)C(=O)O)cc4)nc3)ccc2c1. The summed E-state index contributed by atoms with van der Waals surface area (Å²) in [6, 6.07) is 21.2. The summed E-state index contributed by atoms with van der Waals surface area (Å²) in [4.78, 5) is 48.4. The molecular formula is C37H38N4O5S. The number of fused-ring (bicyclic) bond motifs is 1. The van der Waals surface area contributed by atoms with E-state index in [2.05, 4.69) is 53.5 Å². The molecule has 5 aromatic rings. The number of nitrogens with one attached hydrogen (secondary N) is 2. The zero-order chi connectivity index (χ0) is 33.7. The number of carbonyl (C=O) groups excluding carboxylic acids is 2. The molecule has 0 saturated carbocycles. The number of carbonyl (C=O) groups is 3. The molecule has 0 unspecified atom stereocenters. The van der Waals surface area contributed by atoms with Crippen molar-refractivity contribution in [3.05, 3.63) is 101 Å². The molecule has 2 atom stereocenters. The standard InChI is InChI=1S/C37H38N4O5S/c1-6-46-29-14-13-25-18-26(11-12-27(25)19-29)28-20-38-33(39-21-28)24-9-7-23(8-10-24)17-30(34(42)40-22(2)36(44)45)41-35(43)31-15-16-32(47-31)37(3,4)5/h7-16,18-22,30H,6,17H2,1-5H3,(H,40,42)(H,41,43)(H,44,45)/t22-,30+/m1/s1. The Kier molecular flexibility index (Phi) is 10.0. The Morgan fingerprint density at radius 1 is 0.851 bits per heavy atom. The van der Waals surface area contributed by atoms with Crippen molar-refractivity contribution < 1.29 is 24.2 Å². The number of hydrogen-bond donors (Lipinski definition) is 3. The van der Waals surface area contributed by atoms with Crippen molar-refractivity contribution in [3.63, 3.8) is 0 Å². The number of aromatic nitrogens is 2. The lowest BCUT2D eigenvalue weighted by molar-refractivity contribution is -0.141. The van der Waals surface area contributed by atoms with Crippen molar-refractivity contribution >= 4 is 39.9 Å². The number of ether oxygens (including phenoxy) is 1. The lowest BCUT2D eigenvalue weighted by Gasteiger charge is -2.20. The number of amides is 2. The van der Waals surface area contributed by atoms with Crippen molar-refractivity contribution in [1.82, 2.24) is 20.6 Å². The van der Waals surface area contributed by atoms with Crippen LogP contribution in [0.25, 0.3) is 33.3 Å². The molecule has 2 amide bonds. The largest absolute Gasteiger partial charge is 0.494 e. The normalized spacial score (nSPS) is 12.7. The van der Waals surface area contributed by atoms with E-state index in [1.165, 1.54) is 18.3 Å². The third kappa shape index (κ3) is 8.20. The molecule has 5 rings (SSSR count). The number of carboxylic acids is 1. The smallest absolute Gasteiger partial charge is 0.325 e. The molecule has 0 aliphatic heterocycles. The van der Waals surface area contributed by atoms with Gasteiger partial charge in [0.05, 0.1) is 11.5 Å².